The third-order valence-electron chi connectivity index (χ3n) is 5.38. The van der Waals surface area contributed by atoms with Crippen LogP contribution in [-0.4, -0.2) is 43.9 Å². The lowest BCUT2D eigenvalue weighted by molar-refractivity contribution is 0.0321. The maximum Gasteiger partial charge on any atom is 0.100 e. The second-order valence-corrected chi connectivity index (χ2v) is 7.21. The number of ether oxygens (including phenoxy) is 1. The van der Waals surface area contributed by atoms with Gasteiger partial charge in [0.2, 0.25) is 0 Å². The van der Waals surface area contributed by atoms with Crippen LogP contribution in [0.4, 0.5) is 4.39 Å². The van der Waals surface area contributed by atoms with Gasteiger partial charge in [-0.05, 0) is 55.9 Å². The summed E-state index contributed by atoms with van der Waals surface area (Å²) in [5, 5.41) is 0. The molecule has 0 aromatic heterocycles. The molecule has 2 rings (SSSR count). The van der Waals surface area contributed by atoms with Crippen LogP contribution < -0.4 is 0 Å². The van der Waals surface area contributed by atoms with Crippen LogP contribution in [0.2, 0.25) is 0 Å². The summed E-state index contributed by atoms with van der Waals surface area (Å²) >= 11 is 0. The number of rotatable bonds is 6. The molecule has 0 aromatic rings. The summed E-state index contributed by atoms with van der Waals surface area (Å²) in [5.41, 5.74) is 0. The van der Waals surface area contributed by atoms with E-state index in [1.165, 1.54) is 13.0 Å². The van der Waals surface area contributed by atoms with Crippen molar-refractivity contribution >= 4 is 0 Å². The van der Waals surface area contributed by atoms with E-state index >= 15 is 0 Å². The quantitative estimate of drug-likeness (QED) is 0.737. The predicted octanol–water partition coefficient (Wildman–Crippen LogP) is 3.76. The monoisotopic (exact) mass is 285 g/mol. The van der Waals surface area contributed by atoms with E-state index in [4.69, 9.17) is 4.74 Å². The topological polar surface area (TPSA) is 12.5 Å². The fourth-order valence-electron chi connectivity index (χ4n) is 4.38. The minimum atomic E-state index is -0.535. The van der Waals surface area contributed by atoms with Crippen LogP contribution in [0.15, 0.2) is 0 Å². The van der Waals surface area contributed by atoms with Crippen molar-refractivity contribution in [3.05, 3.63) is 0 Å². The molecule has 4 atom stereocenters. The Labute approximate surface area is 124 Å². The summed E-state index contributed by atoms with van der Waals surface area (Å²) < 4.78 is 18.9. The zero-order valence-corrected chi connectivity index (χ0v) is 13.5. The number of hydrogen-bond acceptors (Lipinski definition) is 2. The fourth-order valence-corrected chi connectivity index (χ4v) is 4.38. The summed E-state index contributed by atoms with van der Waals surface area (Å²) in [4.78, 5) is 2.52. The molecule has 0 bridgehead atoms. The van der Waals surface area contributed by atoms with Crippen LogP contribution in [0.3, 0.4) is 0 Å². The van der Waals surface area contributed by atoms with Gasteiger partial charge in [-0.15, -0.1) is 0 Å². The summed E-state index contributed by atoms with van der Waals surface area (Å²) in [7, 11) is 0. The Bertz CT molecular complexity index is 278. The Kier molecular flexibility index (Phi) is 6.28. The Morgan fingerprint density at radius 2 is 1.85 bits per heavy atom. The smallest absolute Gasteiger partial charge is 0.100 e. The lowest BCUT2D eigenvalue weighted by atomic mass is 9.73. The van der Waals surface area contributed by atoms with Crippen molar-refractivity contribution in [1.29, 1.82) is 0 Å². The maximum absolute atomic E-state index is 13.5. The predicted molar refractivity (Wildman–Crippen MR) is 81.6 cm³/mol. The van der Waals surface area contributed by atoms with Crippen LogP contribution in [0, 0.1) is 23.7 Å². The van der Waals surface area contributed by atoms with E-state index in [1.54, 1.807) is 0 Å². The second kappa shape index (κ2) is 7.74. The third-order valence-corrected chi connectivity index (χ3v) is 5.38. The zero-order valence-electron chi connectivity index (χ0n) is 13.5. The normalized spacial score (nSPS) is 31.6. The molecule has 2 nitrogen and oxygen atoms in total. The van der Waals surface area contributed by atoms with Crippen molar-refractivity contribution in [3.8, 4) is 0 Å². The van der Waals surface area contributed by atoms with E-state index < -0.39 is 6.17 Å². The first kappa shape index (κ1) is 16.2. The molecule has 0 amide bonds. The molecule has 0 N–H and O–H groups in total. The van der Waals surface area contributed by atoms with Crippen LogP contribution in [0.1, 0.15) is 46.5 Å². The molecule has 1 aliphatic heterocycles. The van der Waals surface area contributed by atoms with E-state index in [2.05, 4.69) is 25.7 Å². The molecule has 0 spiro atoms. The molecule has 1 saturated heterocycles. The number of halogens is 1. The lowest BCUT2D eigenvalue weighted by Crippen LogP contribution is -2.38. The zero-order chi connectivity index (χ0) is 14.5. The summed E-state index contributed by atoms with van der Waals surface area (Å²) in [6, 6.07) is 0. The van der Waals surface area contributed by atoms with Gasteiger partial charge in [0.15, 0.2) is 0 Å². The Morgan fingerprint density at radius 1 is 1.15 bits per heavy atom. The van der Waals surface area contributed by atoms with Crippen molar-refractivity contribution < 1.29 is 9.13 Å². The van der Waals surface area contributed by atoms with Gasteiger partial charge in [-0.3, -0.25) is 4.90 Å². The van der Waals surface area contributed by atoms with Gasteiger partial charge in [0.1, 0.15) is 6.17 Å². The standard InChI is InChI=1S/C17H32FNO/c1-13(2)17(15-4-5-16(18)12-15)14(3)6-7-19-8-10-20-11-9-19/h13-17H,4-12H2,1-3H3. The first-order chi connectivity index (χ1) is 9.58. The summed E-state index contributed by atoms with van der Waals surface area (Å²) in [6.45, 7) is 12.1. The van der Waals surface area contributed by atoms with Gasteiger partial charge in [-0.25, -0.2) is 4.39 Å². The molecule has 3 heteroatoms. The molecule has 2 fully saturated rings. The molecule has 2 aliphatic rings. The first-order valence-electron chi connectivity index (χ1n) is 8.52. The van der Waals surface area contributed by atoms with Gasteiger partial charge in [0, 0.05) is 13.1 Å². The number of nitrogens with zero attached hydrogens (tertiary/aromatic N) is 1. The number of alkyl halides is 1. The van der Waals surface area contributed by atoms with Crippen molar-refractivity contribution in [3.63, 3.8) is 0 Å². The maximum atomic E-state index is 13.5. The van der Waals surface area contributed by atoms with Crippen molar-refractivity contribution in [2.45, 2.75) is 52.6 Å². The van der Waals surface area contributed by atoms with Gasteiger partial charge in [0.05, 0.1) is 13.2 Å². The van der Waals surface area contributed by atoms with E-state index in [1.807, 2.05) is 0 Å². The van der Waals surface area contributed by atoms with E-state index in [9.17, 15) is 4.39 Å². The van der Waals surface area contributed by atoms with Gasteiger partial charge < -0.3 is 4.74 Å². The first-order valence-corrected chi connectivity index (χ1v) is 8.52. The molecule has 1 saturated carbocycles. The Morgan fingerprint density at radius 3 is 2.40 bits per heavy atom. The highest BCUT2D eigenvalue weighted by Gasteiger charge is 2.35. The molecule has 0 aromatic carbocycles. The lowest BCUT2D eigenvalue weighted by Gasteiger charge is -2.35. The molecule has 118 valence electrons. The van der Waals surface area contributed by atoms with Gasteiger partial charge in [-0.2, -0.15) is 0 Å². The largest absolute Gasteiger partial charge is 0.379 e. The highest BCUT2D eigenvalue weighted by Crippen LogP contribution is 2.41. The fraction of sp³-hybridized carbons (Fsp3) is 1.00. The minimum absolute atomic E-state index is 0.535. The molecular weight excluding hydrogens is 253 g/mol. The molecule has 20 heavy (non-hydrogen) atoms. The van der Waals surface area contributed by atoms with Gasteiger partial charge in [0.25, 0.3) is 0 Å². The average Bonchev–Trinajstić information content (AvgIpc) is 2.83. The van der Waals surface area contributed by atoms with Gasteiger partial charge >= 0.3 is 0 Å². The molecule has 1 heterocycles. The molecule has 0 radical (unpaired) electrons. The molecule has 1 aliphatic carbocycles. The molecular formula is C17H32FNO. The average molecular weight is 285 g/mol. The second-order valence-electron chi connectivity index (χ2n) is 7.21. The number of hydrogen-bond donors (Lipinski definition) is 0. The van der Waals surface area contributed by atoms with Crippen LogP contribution in [0.25, 0.3) is 0 Å². The van der Waals surface area contributed by atoms with Crippen LogP contribution in [0.5, 0.6) is 0 Å². The molecule has 4 unspecified atom stereocenters. The highest BCUT2D eigenvalue weighted by molar-refractivity contribution is 4.85. The highest BCUT2D eigenvalue weighted by atomic mass is 19.1. The Hall–Kier alpha value is -0.150. The Balaban J connectivity index is 1.81. The van der Waals surface area contributed by atoms with Gasteiger partial charge in [-0.1, -0.05) is 20.8 Å². The number of morpholine rings is 1. The third kappa shape index (κ3) is 4.42. The van der Waals surface area contributed by atoms with Crippen LogP contribution in [-0.2, 0) is 4.74 Å². The van der Waals surface area contributed by atoms with Crippen molar-refractivity contribution in [1.82, 2.24) is 4.90 Å². The van der Waals surface area contributed by atoms with Crippen molar-refractivity contribution in [2.24, 2.45) is 23.7 Å². The minimum Gasteiger partial charge on any atom is -0.379 e. The van der Waals surface area contributed by atoms with E-state index in [-0.39, 0.29) is 0 Å². The van der Waals surface area contributed by atoms with Crippen molar-refractivity contribution in [2.75, 3.05) is 32.8 Å². The van der Waals surface area contributed by atoms with E-state index in [0.717, 1.165) is 45.6 Å². The van der Waals surface area contributed by atoms with E-state index in [0.29, 0.717) is 23.7 Å². The summed E-state index contributed by atoms with van der Waals surface area (Å²) in [5.74, 6) is 2.68. The van der Waals surface area contributed by atoms with Crippen LogP contribution >= 0.6 is 0 Å². The SMILES string of the molecule is CC(C)C(C(C)CCN1CCOCC1)C1CCC(F)C1. The summed E-state index contributed by atoms with van der Waals surface area (Å²) in [6.07, 6.45) is 3.42.